The Hall–Kier alpha value is -2.81. The summed E-state index contributed by atoms with van der Waals surface area (Å²) in [4.78, 5) is 7.75. The molecule has 0 saturated heterocycles. The summed E-state index contributed by atoms with van der Waals surface area (Å²) < 4.78 is 68.3. The lowest BCUT2D eigenvalue weighted by Crippen LogP contribution is -2.06. The normalized spacial score (nSPS) is 12.8. The van der Waals surface area contributed by atoms with E-state index < -0.39 is 23.4 Å². The highest BCUT2D eigenvalue weighted by atomic mass is 19.4. The molecule has 1 aromatic carbocycles. The van der Waals surface area contributed by atoms with E-state index in [0.29, 0.717) is 0 Å². The van der Waals surface area contributed by atoms with Crippen LogP contribution in [-0.2, 0) is 12.7 Å². The molecule has 3 rings (SSSR count). The molecule has 26 heavy (non-hydrogen) atoms. The topological polar surface area (TPSA) is 56.7 Å². The van der Waals surface area contributed by atoms with Crippen molar-refractivity contribution in [1.29, 1.82) is 0 Å². The third-order valence-electron chi connectivity index (χ3n) is 3.73. The largest absolute Gasteiger partial charge is 0.416 e. The first-order valence-corrected chi connectivity index (χ1v) is 7.51. The van der Waals surface area contributed by atoms with Crippen LogP contribution in [0, 0.1) is 5.82 Å². The van der Waals surface area contributed by atoms with Crippen molar-refractivity contribution >= 4 is 11.0 Å². The van der Waals surface area contributed by atoms with Gasteiger partial charge in [0.05, 0.1) is 35.7 Å². The zero-order valence-corrected chi connectivity index (χ0v) is 13.3. The van der Waals surface area contributed by atoms with Gasteiger partial charge in [0.2, 0.25) is 0 Å². The van der Waals surface area contributed by atoms with Crippen molar-refractivity contribution < 1.29 is 22.0 Å². The van der Waals surface area contributed by atoms with Crippen LogP contribution in [0.4, 0.5) is 22.0 Å². The maximum absolute atomic E-state index is 13.8. The molecule has 0 bridgehead atoms. The fraction of sp³-hybridized carbons (Fsp3) is 0.176. The Labute approximate surface area is 144 Å². The van der Waals surface area contributed by atoms with E-state index in [0.717, 1.165) is 30.5 Å². The third kappa shape index (κ3) is 3.57. The van der Waals surface area contributed by atoms with Gasteiger partial charge in [-0.3, -0.25) is 4.98 Å². The number of nitrogens with zero attached hydrogens (tertiary/aromatic N) is 3. The fourth-order valence-corrected chi connectivity index (χ4v) is 2.59. The van der Waals surface area contributed by atoms with Gasteiger partial charge in [0, 0.05) is 23.9 Å². The number of halogens is 5. The van der Waals surface area contributed by atoms with Gasteiger partial charge < -0.3 is 10.3 Å². The van der Waals surface area contributed by atoms with Crippen LogP contribution in [0.15, 0.2) is 48.8 Å². The lowest BCUT2D eigenvalue weighted by atomic mass is 10.0. The second-order valence-electron chi connectivity index (χ2n) is 5.54. The Bertz CT molecular complexity index is 975. The van der Waals surface area contributed by atoms with Gasteiger partial charge >= 0.3 is 6.18 Å². The average molecular weight is 368 g/mol. The molecule has 0 unspecified atom stereocenters. The van der Waals surface area contributed by atoms with Crippen LogP contribution in [0.5, 0.6) is 0 Å². The number of allylic oxidation sites excluding steroid dienone is 1. The number of fused-ring (bicyclic) bond motifs is 1. The summed E-state index contributed by atoms with van der Waals surface area (Å²) in [6.45, 7) is -0.345. The predicted octanol–water partition coefficient (Wildman–Crippen LogP) is 4.07. The summed E-state index contributed by atoms with van der Waals surface area (Å²) in [5.41, 5.74) is 4.74. The van der Waals surface area contributed by atoms with Crippen molar-refractivity contribution in [3.8, 4) is 11.1 Å². The standard InChI is InChI=1S/C17H13F5N4/c18-12(1-2-23)8-26-9-25-16-14(10-3-13(19)7-24-6-10)4-11(5-15(16)26)17(20,21)22/h1,3-7,9H,2,8,23H2/b12-1-. The zero-order valence-electron chi connectivity index (χ0n) is 13.3. The van der Waals surface area contributed by atoms with Gasteiger partial charge in [0.1, 0.15) is 11.6 Å². The van der Waals surface area contributed by atoms with Crippen molar-refractivity contribution in [2.75, 3.05) is 6.54 Å². The lowest BCUT2D eigenvalue weighted by molar-refractivity contribution is -0.137. The van der Waals surface area contributed by atoms with Crippen molar-refractivity contribution in [3.05, 3.63) is 60.2 Å². The predicted molar refractivity (Wildman–Crippen MR) is 86.2 cm³/mol. The third-order valence-corrected chi connectivity index (χ3v) is 3.73. The molecule has 136 valence electrons. The molecule has 0 amide bonds. The summed E-state index contributed by atoms with van der Waals surface area (Å²) in [6, 6.07) is 2.83. The molecule has 2 aromatic heterocycles. The van der Waals surface area contributed by atoms with Crippen molar-refractivity contribution in [2.45, 2.75) is 12.7 Å². The molecule has 0 spiro atoms. The summed E-state index contributed by atoms with van der Waals surface area (Å²) in [6.07, 6.45) is -0.0991. The molecular formula is C17H13F5N4. The molecule has 0 aliphatic rings. The van der Waals surface area contributed by atoms with Gasteiger partial charge in [0.25, 0.3) is 0 Å². The minimum Gasteiger partial charge on any atom is -0.327 e. The van der Waals surface area contributed by atoms with E-state index in [4.69, 9.17) is 5.73 Å². The van der Waals surface area contributed by atoms with Crippen LogP contribution in [-0.4, -0.2) is 21.1 Å². The minimum absolute atomic E-state index is 0.0352. The van der Waals surface area contributed by atoms with Gasteiger partial charge in [-0.05, 0) is 24.3 Å². The van der Waals surface area contributed by atoms with E-state index >= 15 is 0 Å². The van der Waals surface area contributed by atoms with Crippen molar-refractivity contribution in [3.63, 3.8) is 0 Å². The highest BCUT2D eigenvalue weighted by Crippen LogP contribution is 2.37. The SMILES string of the molecule is NC/C=C(\F)Cn1cnc2c(-c3cncc(F)c3)cc(C(F)(F)F)cc21. The molecule has 3 aromatic rings. The van der Waals surface area contributed by atoms with Gasteiger partial charge in [-0.25, -0.2) is 13.8 Å². The van der Waals surface area contributed by atoms with Gasteiger partial charge in [-0.2, -0.15) is 13.2 Å². The summed E-state index contributed by atoms with van der Waals surface area (Å²) >= 11 is 0. The number of nitrogens with two attached hydrogens (primary N) is 1. The number of alkyl halides is 3. The van der Waals surface area contributed by atoms with Crippen LogP contribution < -0.4 is 5.73 Å². The number of pyridine rings is 1. The highest BCUT2D eigenvalue weighted by molar-refractivity contribution is 5.92. The summed E-state index contributed by atoms with van der Waals surface area (Å²) in [5, 5.41) is 0. The first-order chi connectivity index (χ1) is 12.3. The molecule has 9 heteroatoms. The van der Waals surface area contributed by atoms with Crippen LogP contribution >= 0.6 is 0 Å². The Morgan fingerprint density at radius 2 is 1.96 bits per heavy atom. The molecule has 0 aliphatic carbocycles. The second kappa shape index (κ2) is 6.83. The maximum Gasteiger partial charge on any atom is 0.416 e. The highest BCUT2D eigenvalue weighted by Gasteiger charge is 2.32. The van der Waals surface area contributed by atoms with Crippen LogP contribution in [0.1, 0.15) is 5.56 Å². The first-order valence-electron chi connectivity index (χ1n) is 7.51. The van der Waals surface area contributed by atoms with Crippen LogP contribution in [0.3, 0.4) is 0 Å². The maximum atomic E-state index is 13.8. The van der Waals surface area contributed by atoms with E-state index in [-0.39, 0.29) is 35.2 Å². The van der Waals surface area contributed by atoms with Crippen LogP contribution in [0.25, 0.3) is 22.2 Å². The van der Waals surface area contributed by atoms with Crippen molar-refractivity contribution in [1.82, 2.24) is 14.5 Å². The molecule has 0 aliphatic heterocycles. The Kier molecular flexibility index (Phi) is 4.73. The summed E-state index contributed by atoms with van der Waals surface area (Å²) in [5.74, 6) is -1.29. The molecule has 2 heterocycles. The van der Waals surface area contributed by atoms with E-state index in [1.54, 1.807) is 0 Å². The van der Waals surface area contributed by atoms with E-state index in [2.05, 4.69) is 9.97 Å². The average Bonchev–Trinajstić information content (AvgIpc) is 2.96. The molecule has 0 fully saturated rings. The zero-order chi connectivity index (χ0) is 18.9. The molecule has 4 nitrogen and oxygen atoms in total. The fourth-order valence-electron chi connectivity index (χ4n) is 2.59. The number of benzene rings is 1. The van der Waals surface area contributed by atoms with Gasteiger partial charge in [0.15, 0.2) is 0 Å². The lowest BCUT2D eigenvalue weighted by Gasteiger charge is -2.11. The quantitative estimate of drug-likeness (QED) is 0.707. The number of hydrogen-bond acceptors (Lipinski definition) is 3. The van der Waals surface area contributed by atoms with Crippen molar-refractivity contribution in [2.24, 2.45) is 5.73 Å². The monoisotopic (exact) mass is 368 g/mol. The molecule has 0 saturated carbocycles. The Morgan fingerprint density at radius 1 is 1.19 bits per heavy atom. The molecule has 2 N–H and O–H groups in total. The second-order valence-corrected chi connectivity index (χ2v) is 5.54. The number of imidazole rings is 1. The van der Waals surface area contributed by atoms with Gasteiger partial charge in [-0.1, -0.05) is 0 Å². The molecule has 0 atom stereocenters. The Morgan fingerprint density at radius 3 is 2.62 bits per heavy atom. The van der Waals surface area contributed by atoms with Crippen LogP contribution in [0.2, 0.25) is 0 Å². The minimum atomic E-state index is -4.63. The summed E-state index contributed by atoms with van der Waals surface area (Å²) in [7, 11) is 0. The number of hydrogen-bond donors (Lipinski definition) is 1. The van der Waals surface area contributed by atoms with E-state index in [1.807, 2.05) is 0 Å². The van der Waals surface area contributed by atoms with E-state index in [1.165, 1.54) is 17.1 Å². The Balaban J connectivity index is 2.24. The van der Waals surface area contributed by atoms with E-state index in [9.17, 15) is 22.0 Å². The molecule has 0 radical (unpaired) electrons. The smallest absolute Gasteiger partial charge is 0.327 e. The number of aromatic nitrogens is 3. The first kappa shape index (κ1) is 18.0. The number of rotatable bonds is 4. The van der Waals surface area contributed by atoms with Gasteiger partial charge in [-0.15, -0.1) is 0 Å². The molecular weight excluding hydrogens is 355 g/mol.